The van der Waals surface area contributed by atoms with Gasteiger partial charge in [-0.15, -0.1) is 11.6 Å². The Morgan fingerprint density at radius 1 is 1.21 bits per heavy atom. The van der Waals surface area contributed by atoms with Crippen molar-refractivity contribution in [3.63, 3.8) is 0 Å². The Bertz CT molecular complexity index is 1140. The molecule has 0 bridgehead atoms. The third-order valence-electron chi connectivity index (χ3n) is 5.79. The smallest absolute Gasteiger partial charge is 0.296 e. The van der Waals surface area contributed by atoms with Gasteiger partial charge in [-0.25, -0.2) is 19.3 Å². The van der Waals surface area contributed by atoms with Crippen LogP contribution in [0.25, 0.3) is 10.9 Å². The summed E-state index contributed by atoms with van der Waals surface area (Å²) in [5.74, 6) is -0.207. The Kier molecular flexibility index (Phi) is 7.18. The molecule has 0 saturated heterocycles. The second-order valence-electron chi connectivity index (χ2n) is 9.51. The summed E-state index contributed by atoms with van der Waals surface area (Å²) >= 11 is 6.26. The van der Waals surface area contributed by atoms with Gasteiger partial charge in [0, 0.05) is 38.7 Å². The number of halogens is 2. The van der Waals surface area contributed by atoms with Crippen LogP contribution in [0, 0.1) is 5.82 Å². The SMILES string of the molecule is C[Si](C)(C)CCOCON1CCc2c(ncc3c2c(CCl)cn3Cc2ccc(F)cc2)C1=O. The summed E-state index contributed by atoms with van der Waals surface area (Å²) < 4.78 is 20.9. The molecule has 1 aliphatic heterocycles. The quantitative estimate of drug-likeness (QED) is 0.179. The molecule has 176 valence electrons. The van der Waals surface area contributed by atoms with Crippen LogP contribution in [0.1, 0.15) is 27.2 Å². The number of fused-ring (bicyclic) bond motifs is 3. The maximum atomic E-state index is 13.3. The molecule has 0 spiro atoms. The number of carbonyl (C=O) groups is 1. The molecule has 33 heavy (non-hydrogen) atoms. The van der Waals surface area contributed by atoms with Gasteiger partial charge in [0.05, 0.1) is 18.3 Å². The fraction of sp³-hybridized carbons (Fsp3) is 0.417. The standard InChI is InChI=1S/C24H29ClFN3O3Si/c1-33(2,3)11-10-31-16-32-29-9-8-20-22-18(12-25)15-28(14-17-4-6-19(26)7-5-17)21(22)13-27-23(20)24(29)30/h4-7,13,15H,8-12,14,16H2,1-3H3. The van der Waals surface area contributed by atoms with Crippen LogP contribution < -0.4 is 0 Å². The molecular weight excluding hydrogens is 461 g/mol. The number of hydrogen-bond acceptors (Lipinski definition) is 4. The number of pyridine rings is 1. The Hall–Kier alpha value is -2.26. The number of nitrogens with zero attached hydrogens (tertiary/aromatic N) is 3. The second kappa shape index (κ2) is 9.93. The highest BCUT2D eigenvalue weighted by atomic mass is 35.5. The predicted octanol–water partition coefficient (Wildman–Crippen LogP) is 5.20. The topological polar surface area (TPSA) is 56.6 Å². The molecule has 0 atom stereocenters. The first-order valence-corrected chi connectivity index (χ1v) is 15.3. The summed E-state index contributed by atoms with van der Waals surface area (Å²) in [5, 5.41) is 2.31. The highest BCUT2D eigenvalue weighted by molar-refractivity contribution is 6.76. The minimum atomic E-state index is -1.17. The molecule has 1 amide bonds. The average molecular weight is 490 g/mol. The van der Waals surface area contributed by atoms with Gasteiger partial charge in [0.25, 0.3) is 5.91 Å². The third kappa shape index (κ3) is 5.46. The molecule has 9 heteroatoms. The van der Waals surface area contributed by atoms with E-state index in [9.17, 15) is 9.18 Å². The lowest BCUT2D eigenvalue weighted by molar-refractivity contribution is -0.195. The van der Waals surface area contributed by atoms with E-state index in [0.29, 0.717) is 37.7 Å². The molecule has 0 fully saturated rings. The van der Waals surface area contributed by atoms with E-state index in [1.54, 1.807) is 18.3 Å². The first-order chi connectivity index (χ1) is 15.8. The van der Waals surface area contributed by atoms with Gasteiger partial charge in [-0.05, 0) is 41.3 Å². The molecule has 4 rings (SSSR count). The van der Waals surface area contributed by atoms with Crippen molar-refractivity contribution >= 4 is 36.5 Å². The summed E-state index contributed by atoms with van der Waals surface area (Å²) in [5.41, 5.74) is 4.11. The zero-order chi connectivity index (χ0) is 23.6. The number of rotatable bonds is 9. The van der Waals surface area contributed by atoms with Crippen LogP contribution in [0.2, 0.25) is 25.7 Å². The van der Waals surface area contributed by atoms with Crippen LogP contribution in [0.3, 0.4) is 0 Å². The number of ether oxygens (including phenoxy) is 1. The Morgan fingerprint density at radius 2 is 1.97 bits per heavy atom. The van der Waals surface area contributed by atoms with E-state index >= 15 is 0 Å². The summed E-state index contributed by atoms with van der Waals surface area (Å²) in [6, 6.07) is 7.47. The predicted molar refractivity (Wildman–Crippen MR) is 130 cm³/mol. The Morgan fingerprint density at radius 3 is 2.67 bits per heavy atom. The molecule has 0 saturated carbocycles. The lowest BCUT2D eigenvalue weighted by Crippen LogP contribution is -2.39. The van der Waals surface area contributed by atoms with Crippen molar-refractivity contribution in [2.75, 3.05) is 19.9 Å². The van der Waals surface area contributed by atoms with Crippen LogP contribution in [0.15, 0.2) is 36.7 Å². The molecule has 1 aromatic carbocycles. The number of benzene rings is 1. The minimum Gasteiger partial charge on any atom is -0.353 e. The number of hydroxylamine groups is 2. The fourth-order valence-corrected chi connectivity index (χ4v) is 4.94. The van der Waals surface area contributed by atoms with Gasteiger partial charge in [0.1, 0.15) is 11.5 Å². The van der Waals surface area contributed by atoms with Crippen LogP contribution in [0.5, 0.6) is 0 Å². The fourth-order valence-electron chi connectivity index (χ4n) is 3.98. The molecule has 3 aromatic rings. The summed E-state index contributed by atoms with van der Waals surface area (Å²) in [6.07, 6.45) is 4.31. The number of carbonyl (C=O) groups excluding carboxylic acids is 1. The van der Waals surface area contributed by atoms with Gasteiger partial charge in [-0.1, -0.05) is 31.8 Å². The first-order valence-electron chi connectivity index (χ1n) is 11.1. The van der Waals surface area contributed by atoms with Gasteiger partial charge >= 0.3 is 0 Å². The van der Waals surface area contributed by atoms with E-state index in [2.05, 4.69) is 24.6 Å². The van der Waals surface area contributed by atoms with Gasteiger partial charge in [0.2, 0.25) is 0 Å². The largest absolute Gasteiger partial charge is 0.353 e. The Labute approximate surface area is 199 Å². The highest BCUT2D eigenvalue weighted by Gasteiger charge is 2.30. The molecule has 0 aliphatic carbocycles. The minimum absolute atomic E-state index is 0.0504. The van der Waals surface area contributed by atoms with Gasteiger partial charge in [0.15, 0.2) is 6.79 Å². The molecule has 0 radical (unpaired) electrons. The number of aromatic nitrogens is 2. The van der Waals surface area contributed by atoms with Crippen molar-refractivity contribution in [3.05, 3.63) is 64.9 Å². The summed E-state index contributed by atoms with van der Waals surface area (Å²) in [4.78, 5) is 23.1. The van der Waals surface area contributed by atoms with E-state index in [1.165, 1.54) is 17.2 Å². The maximum Gasteiger partial charge on any atom is 0.296 e. The second-order valence-corrected chi connectivity index (χ2v) is 15.4. The molecule has 1 aliphatic rings. The van der Waals surface area contributed by atoms with E-state index in [-0.39, 0.29) is 18.5 Å². The van der Waals surface area contributed by atoms with Gasteiger partial charge in [-0.2, -0.15) is 0 Å². The number of amides is 1. The summed E-state index contributed by atoms with van der Waals surface area (Å²) in [7, 11) is -1.17. The number of hydrogen-bond donors (Lipinski definition) is 0. The lowest BCUT2D eigenvalue weighted by atomic mass is 9.99. The normalized spacial score (nSPS) is 14.2. The van der Waals surface area contributed by atoms with E-state index in [4.69, 9.17) is 21.2 Å². The molecule has 3 heterocycles. The van der Waals surface area contributed by atoms with Gasteiger partial charge in [-0.3, -0.25) is 4.79 Å². The lowest BCUT2D eigenvalue weighted by Gasteiger charge is -2.27. The number of alkyl halides is 1. The van der Waals surface area contributed by atoms with Crippen LogP contribution in [-0.2, 0) is 28.4 Å². The zero-order valence-electron chi connectivity index (χ0n) is 19.2. The van der Waals surface area contributed by atoms with Crippen molar-refractivity contribution < 1.29 is 18.8 Å². The van der Waals surface area contributed by atoms with Crippen molar-refractivity contribution in [2.45, 2.75) is 44.5 Å². The van der Waals surface area contributed by atoms with Crippen molar-refractivity contribution in [1.82, 2.24) is 14.6 Å². The van der Waals surface area contributed by atoms with E-state index < -0.39 is 8.07 Å². The molecule has 0 unspecified atom stereocenters. The molecule has 2 aromatic heterocycles. The third-order valence-corrected chi connectivity index (χ3v) is 7.79. The van der Waals surface area contributed by atoms with Crippen molar-refractivity contribution in [2.24, 2.45) is 0 Å². The van der Waals surface area contributed by atoms with Gasteiger partial charge < -0.3 is 9.30 Å². The summed E-state index contributed by atoms with van der Waals surface area (Å²) in [6.45, 7) is 8.54. The highest BCUT2D eigenvalue weighted by Crippen LogP contribution is 2.31. The average Bonchev–Trinajstić information content (AvgIpc) is 3.13. The van der Waals surface area contributed by atoms with Crippen LogP contribution in [0.4, 0.5) is 4.39 Å². The Balaban J connectivity index is 1.52. The van der Waals surface area contributed by atoms with Crippen molar-refractivity contribution in [1.29, 1.82) is 0 Å². The van der Waals surface area contributed by atoms with Crippen molar-refractivity contribution in [3.8, 4) is 0 Å². The van der Waals surface area contributed by atoms with E-state index in [1.807, 2.05) is 10.8 Å². The molecule has 0 N–H and O–H groups in total. The molecular formula is C24H29ClFN3O3Si. The molecule has 6 nitrogen and oxygen atoms in total. The van der Waals surface area contributed by atoms with Crippen LogP contribution >= 0.6 is 11.6 Å². The van der Waals surface area contributed by atoms with E-state index in [0.717, 1.165) is 33.6 Å². The zero-order valence-corrected chi connectivity index (χ0v) is 21.0. The monoisotopic (exact) mass is 489 g/mol. The van der Waals surface area contributed by atoms with Crippen LogP contribution in [-0.4, -0.2) is 48.5 Å². The first kappa shape index (κ1) is 23.9. The maximum absolute atomic E-state index is 13.3.